The molecule has 2 fully saturated rings. The van der Waals surface area contributed by atoms with E-state index in [0.717, 1.165) is 26.1 Å². The van der Waals surface area contributed by atoms with Crippen molar-refractivity contribution in [2.75, 3.05) is 26.7 Å². The van der Waals surface area contributed by atoms with Crippen LogP contribution in [-0.2, 0) is 4.79 Å². The first-order chi connectivity index (χ1) is 5.68. The lowest BCUT2D eigenvalue weighted by Crippen LogP contribution is -2.52. The molecule has 2 aliphatic heterocycles. The lowest BCUT2D eigenvalue weighted by molar-refractivity contribution is -0.138. The molecule has 0 N–H and O–H groups in total. The molecule has 1 amide bonds. The van der Waals surface area contributed by atoms with Crippen molar-refractivity contribution in [3.63, 3.8) is 0 Å². The van der Waals surface area contributed by atoms with Gasteiger partial charge in [-0.2, -0.15) is 12.6 Å². The molecule has 2 heterocycles. The molecular formula is C8H14N2OS. The van der Waals surface area contributed by atoms with Crippen LogP contribution < -0.4 is 0 Å². The Bertz CT molecular complexity index is 209. The molecule has 12 heavy (non-hydrogen) atoms. The number of rotatable bonds is 0. The van der Waals surface area contributed by atoms with E-state index in [9.17, 15) is 4.79 Å². The van der Waals surface area contributed by atoms with Crippen molar-refractivity contribution in [3.05, 3.63) is 0 Å². The zero-order valence-electron chi connectivity index (χ0n) is 7.23. The van der Waals surface area contributed by atoms with Crippen LogP contribution in [0, 0.1) is 0 Å². The second kappa shape index (κ2) is 2.92. The van der Waals surface area contributed by atoms with Gasteiger partial charge in [0, 0.05) is 31.9 Å². The van der Waals surface area contributed by atoms with Gasteiger partial charge in [-0.15, -0.1) is 0 Å². The summed E-state index contributed by atoms with van der Waals surface area (Å²) in [6.45, 7) is 2.87. The number of hydrogen-bond acceptors (Lipinski definition) is 3. The van der Waals surface area contributed by atoms with Crippen molar-refractivity contribution >= 4 is 18.5 Å². The van der Waals surface area contributed by atoms with Crippen molar-refractivity contribution in [2.24, 2.45) is 0 Å². The molecule has 2 saturated heterocycles. The quantitative estimate of drug-likeness (QED) is 0.531. The SMILES string of the molecule is CN1CCN2C[C@@H](S)C[C@H]2C1=O. The Hall–Kier alpha value is -0.220. The van der Waals surface area contributed by atoms with Crippen molar-refractivity contribution in [1.82, 2.24) is 9.80 Å². The number of piperazine rings is 1. The highest BCUT2D eigenvalue weighted by molar-refractivity contribution is 7.81. The van der Waals surface area contributed by atoms with Gasteiger partial charge in [0.05, 0.1) is 6.04 Å². The van der Waals surface area contributed by atoms with Crippen LogP contribution >= 0.6 is 12.6 Å². The van der Waals surface area contributed by atoms with Gasteiger partial charge in [0.25, 0.3) is 0 Å². The molecule has 0 spiro atoms. The van der Waals surface area contributed by atoms with E-state index in [1.54, 1.807) is 0 Å². The van der Waals surface area contributed by atoms with Crippen molar-refractivity contribution in [2.45, 2.75) is 17.7 Å². The summed E-state index contributed by atoms with van der Waals surface area (Å²) in [6, 6.07) is 0.131. The first-order valence-electron chi connectivity index (χ1n) is 4.35. The summed E-state index contributed by atoms with van der Waals surface area (Å²) >= 11 is 4.40. The maximum atomic E-state index is 11.6. The average Bonchev–Trinajstić information content (AvgIpc) is 2.39. The smallest absolute Gasteiger partial charge is 0.239 e. The average molecular weight is 186 g/mol. The molecular weight excluding hydrogens is 172 g/mol. The molecule has 2 rings (SSSR count). The second-order valence-corrected chi connectivity index (χ2v) is 4.39. The van der Waals surface area contributed by atoms with Crippen LogP contribution in [0.1, 0.15) is 6.42 Å². The largest absolute Gasteiger partial charge is 0.343 e. The summed E-state index contributed by atoms with van der Waals surface area (Å²) in [5.74, 6) is 0.276. The molecule has 2 aliphatic rings. The fourth-order valence-electron chi connectivity index (χ4n) is 2.03. The minimum Gasteiger partial charge on any atom is -0.343 e. The predicted molar refractivity (Wildman–Crippen MR) is 50.4 cm³/mol. The summed E-state index contributed by atoms with van der Waals surface area (Å²) < 4.78 is 0. The number of fused-ring (bicyclic) bond motifs is 1. The minimum absolute atomic E-state index is 0.131. The molecule has 0 aromatic rings. The zero-order chi connectivity index (χ0) is 8.72. The Morgan fingerprint density at radius 2 is 2.25 bits per heavy atom. The van der Waals surface area contributed by atoms with Crippen LogP contribution in [0.2, 0.25) is 0 Å². The zero-order valence-corrected chi connectivity index (χ0v) is 8.13. The van der Waals surface area contributed by atoms with E-state index >= 15 is 0 Å². The van der Waals surface area contributed by atoms with Gasteiger partial charge in [0.2, 0.25) is 5.91 Å². The van der Waals surface area contributed by atoms with Crippen LogP contribution in [-0.4, -0.2) is 53.7 Å². The Morgan fingerprint density at radius 3 is 3.00 bits per heavy atom. The summed E-state index contributed by atoms with van der Waals surface area (Å²) in [5.41, 5.74) is 0. The number of carbonyl (C=O) groups is 1. The molecule has 0 saturated carbocycles. The van der Waals surface area contributed by atoms with Gasteiger partial charge >= 0.3 is 0 Å². The molecule has 3 nitrogen and oxygen atoms in total. The topological polar surface area (TPSA) is 23.6 Å². The molecule has 0 aromatic heterocycles. The third kappa shape index (κ3) is 1.23. The highest BCUT2D eigenvalue weighted by atomic mass is 32.1. The predicted octanol–water partition coefficient (Wildman–Crippen LogP) is -0.169. The molecule has 0 radical (unpaired) electrons. The van der Waals surface area contributed by atoms with Gasteiger partial charge in [-0.25, -0.2) is 0 Å². The van der Waals surface area contributed by atoms with Crippen LogP contribution in [0.3, 0.4) is 0 Å². The number of likely N-dealkylation sites (N-methyl/N-ethyl adjacent to an activating group) is 1. The van der Waals surface area contributed by atoms with E-state index in [0.29, 0.717) is 5.25 Å². The van der Waals surface area contributed by atoms with E-state index in [2.05, 4.69) is 17.5 Å². The van der Waals surface area contributed by atoms with E-state index in [4.69, 9.17) is 0 Å². The molecule has 0 unspecified atom stereocenters. The number of hydrogen-bond donors (Lipinski definition) is 1. The van der Waals surface area contributed by atoms with Gasteiger partial charge in [0.1, 0.15) is 0 Å². The lowest BCUT2D eigenvalue weighted by atomic mass is 10.1. The highest BCUT2D eigenvalue weighted by Gasteiger charge is 2.39. The Balaban J connectivity index is 2.11. The number of carbonyl (C=O) groups excluding carboxylic acids is 1. The first-order valence-corrected chi connectivity index (χ1v) is 4.87. The standard InChI is InChI=1S/C8H14N2OS/c1-9-2-3-10-5-6(12)4-7(10)8(9)11/h6-7,12H,2-5H2,1H3/t6-,7-/m0/s1. The maximum Gasteiger partial charge on any atom is 0.239 e. The Labute approximate surface area is 78.1 Å². The summed E-state index contributed by atoms with van der Waals surface area (Å²) in [7, 11) is 1.88. The summed E-state index contributed by atoms with van der Waals surface area (Å²) in [6.07, 6.45) is 0.923. The highest BCUT2D eigenvalue weighted by Crippen LogP contribution is 2.25. The molecule has 68 valence electrons. The third-order valence-corrected chi connectivity index (χ3v) is 3.14. The van der Waals surface area contributed by atoms with E-state index in [1.165, 1.54) is 0 Å². The van der Waals surface area contributed by atoms with Crippen molar-refractivity contribution < 1.29 is 4.79 Å². The van der Waals surface area contributed by atoms with Gasteiger partial charge in [0.15, 0.2) is 0 Å². The first kappa shape index (κ1) is 8.38. The van der Waals surface area contributed by atoms with Gasteiger partial charge < -0.3 is 4.90 Å². The number of thiol groups is 1. The molecule has 2 atom stereocenters. The fraction of sp³-hybridized carbons (Fsp3) is 0.875. The van der Waals surface area contributed by atoms with Crippen molar-refractivity contribution in [3.8, 4) is 0 Å². The van der Waals surface area contributed by atoms with E-state index in [-0.39, 0.29) is 11.9 Å². The Kier molecular flexibility index (Phi) is 2.04. The van der Waals surface area contributed by atoms with E-state index < -0.39 is 0 Å². The minimum atomic E-state index is 0.131. The molecule has 4 heteroatoms. The third-order valence-electron chi connectivity index (χ3n) is 2.77. The van der Waals surface area contributed by atoms with Gasteiger partial charge in [-0.1, -0.05) is 0 Å². The van der Waals surface area contributed by atoms with Gasteiger partial charge in [-0.05, 0) is 6.42 Å². The second-order valence-electron chi connectivity index (χ2n) is 3.66. The van der Waals surface area contributed by atoms with Crippen LogP contribution in [0.4, 0.5) is 0 Å². The summed E-state index contributed by atoms with van der Waals surface area (Å²) in [4.78, 5) is 15.7. The normalized spacial score (nSPS) is 37.2. The monoisotopic (exact) mass is 186 g/mol. The van der Waals surface area contributed by atoms with Crippen LogP contribution in [0.5, 0.6) is 0 Å². The Morgan fingerprint density at radius 1 is 1.50 bits per heavy atom. The van der Waals surface area contributed by atoms with E-state index in [1.807, 2.05) is 11.9 Å². The molecule has 0 bridgehead atoms. The number of nitrogens with zero attached hydrogens (tertiary/aromatic N) is 2. The maximum absolute atomic E-state index is 11.6. The van der Waals surface area contributed by atoms with Gasteiger partial charge in [-0.3, -0.25) is 9.69 Å². The number of amides is 1. The summed E-state index contributed by atoms with van der Waals surface area (Å²) in [5, 5.41) is 0.394. The molecule has 0 aliphatic carbocycles. The van der Waals surface area contributed by atoms with Crippen LogP contribution in [0.15, 0.2) is 0 Å². The fourth-order valence-corrected chi connectivity index (χ4v) is 2.44. The van der Waals surface area contributed by atoms with Crippen LogP contribution in [0.25, 0.3) is 0 Å². The van der Waals surface area contributed by atoms with Crippen molar-refractivity contribution in [1.29, 1.82) is 0 Å². The lowest BCUT2D eigenvalue weighted by Gasteiger charge is -2.34. The molecule has 0 aromatic carbocycles.